The van der Waals surface area contributed by atoms with E-state index in [9.17, 15) is 29.6 Å². The average Bonchev–Trinajstić information content (AvgIpc) is 2.55. The van der Waals surface area contributed by atoms with Crippen LogP contribution in [0.2, 0.25) is 0 Å². The normalized spacial score (nSPS) is 37.7. The number of halogens is 1. The van der Waals surface area contributed by atoms with Crippen molar-refractivity contribution in [2.75, 3.05) is 11.5 Å². The molecule has 0 N–H and O–H groups in total. The van der Waals surface area contributed by atoms with Gasteiger partial charge >= 0.3 is 0 Å². The molecule has 0 radical (unpaired) electrons. The third-order valence-electron chi connectivity index (χ3n) is 2.85. The van der Waals surface area contributed by atoms with Gasteiger partial charge in [0.2, 0.25) is 0 Å². The van der Waals surface area contributed by atoms with Crippen molar-refractivity contribution in [3.05, 3.63) is 0 Å². The molecule has 3 unspecified atom stereocenters. The Kier molecular flexibility index (Phi) is 3.67. The molecule has 2 saturated heterocycles. The zero-order valence-electron chi connectivity index (χ0n) is 9.43. The fraction of sp³-hybridized carbons (Fsp3) is 1.00. The predicted octanol–water partition coefficient (Wildman–Crippen LogP) is -1.11. The Labute approximate surface area is 110 Å². The van der Waals surface area contributed by atoms with E-state index in [0.29, 0.717) is 0 Å². The molecule has 2 aliphatic rings. The van der Waals surface area contributed by atoms with Crippen LogP contribution in [-0.4, -0.2) is 54.3 Å². The Morgan fingerprint density at radius 3 is 2.00 bits per heavy atom. The Balaban J connectivity index is 2.19. The number of rotatable bonds is 2. The van der Waals surface area contributed by atoms with Crippen molar-refractivity contribution >= 4 is 30.4 Å². The van der Waals surface area contributed by atoms with Gasteiger partial charge in [-0.1, -0.05) is 0 Å². The first-order chi connectivity index (χ1) is 8.53. The van der Waals surface area contributed by atoms with Crippen molar-refractivity contribution in [3.8, 4) is 0 Å². The highest BCUT2D eigenvalue weighted by molar-refractivity contribution is 8.00. The van der Waals surface area contributed by atoms with Crippen LogP contribution in [0.4, 0.5) is 4.39 Å². The summed E-state index contributed by atoms with van der Waals surface area (Å²) in [6.45, 7) is 0. The van der Waals surface area contributed by atoms with Gasteiger partial charge in [-0.05, 0) is 12.8 Å². The first-order valence-corrected chi connectivity index (χ1v) is 9.88. The first-order valence-electron chi connectivity index (χ1n) is 5.25. The van der Waals surface area contributed by atoms with E-state index in [4.69, 9.17) is 0 Å². The number of hydrogen-bond acceptors (Lipinski definition) is 8. The van der Waals surface area contributed by atoms with Crippen molar-refractivity contribution in [1.29, 1.82) is 0 Å². The molecular weight excluding hydrogens is 327 g/mol. The third kappa shape index (κ3) is 3.24. The molecule has 0 aromatic rings. The second-order valence-corrected chi connectivity index (χ2v) is 9.65. The monoisotopic (exact) mass is 338 g/mol. The van der Waals surface area contributed by atoms with Crippen molar-refractivity contribution in [3.63, 3.8) is 0 Å². The summed E-state index contributed by atoms with van der Waals surface area (Å²) in [6.07, 6.45) is -4.25. The molecule has 19 heavy (non-hydrogen) atoms. The molecule has 112 valence electrons. The Morgan fingerprint density at radius 2 is 1.53 bits per heavy atom. The highest BCUT2D eigenvalue weighted by Gasteiger charge is 2.48. The van der Waals surface area contributed by atoms with E-state index in [1.165, 1.54) is 0 Å². The predicted molar refractivity (Wildman–Crippen MR) is 60.4 cm³/mol. The molecule has 0 amide bonds. The lowest BCUT2D eigenvalue weighted by Crippen LogP contribution is -2.45. The van der Waals surface area contributed by atoms with E-state index in [1.54, 1.807) is 0 Å². The summed E-state index contributed by atoms with van der Waals surface area (Å²) in [4.78, 5) is 0. The van der Waals surface area contributed by atoms with Gasteiger partial charge in [-0.25, -0.2) is 4.39 Å². The summed E-state index contributed by atoms with van der Waals surface area (Å²) >= 11 is 0. The van der Waals surface area contributed by atoms with Crippen molar-refractivity contribution in [2.45, 2.75) is 30.4 Å². The quantitative estimate of drug-likeness (QED) is 0.581. The van der Waals surface area contributed by atoms with Crippen LogP contribution < -0.4 is 0 Å². The first kappa shape index (κ1) is 15.1. The molecule has 2 fully saturated rings. The second-order valence-electron chi connectivity index (χ2n) is 4.28. The van der Waals surface area contributed by atoms with E-state index in [1.807, 2.05) is 0 Å². The maximum Gasteiger partial charge on any atom is 0.287 e. The highest BCUT2D eigenvalue weighted by atomic mass is 32.3. The maximum absolute atomic E-state index is 14.0. The minimum atomic E-state index is -4.64. The minimum absolute atomic E-state index is 0.178. The Bertz CT molecular complexity index is 663. The van der Waals surface area contributed by atoms with Crippen LogP contribution >= 0.6 is 0 Å². The molecule has 2 aliphatic heterocycles. The van der Waals surface area contributed by atoms with Crippen molar-refractivity contribution in [1.82, 2.24) is 0 Å². The van der Waals surface area contributed by atoms with Crippen LogP contribution in [0.1, 0.15) is 12.8 Å². The van der Waals surface area contributed by atoms with E-state index < -0.39 is 65.8 Å². The fourth-order valence-corrected chi connectivity index (χ4v) is 6.57. The Morgan fingerprint density at radius 1 is 0.947 bits per heavy atom. The average molecular weight is 338 g/mol. The smallest absolute Gasteiger partial charge is 0.264 e. The van der Waals surface area contributed by atoms with Crippen LogP contribution in [0, 0.1) is 0 Å². The lowest BCUT2D eigenvalue weighted by atomic mass is 10.1. The van der Waals surface area contributed by atoms with Gasteiger partial charge in [-0.2, -0.15) is 25.3 Å². The second kappa shape index (κ2) is 4.62. The van der Waals surface area contributed by atoms with Crippen molar-refractivity contribution < 1.29 is 37.5 Å². The van der Waals surface area contributed by atoms with Gasteiger partial charge in [0.15, 0.2) is 0 Å². The van der Waals surface area contributed by atoms with E-state index in [0.717, 1.165) is 0 Å². The SMILES string of the molecule is O=S1(=O)CCC(C(F)C2CCS(=O)(=O)OS2(=O)=O)O1. The molecular formula is C7H11FO8S3. The molecule has 2 heterocycles. The van der Waals surface area contributed by atoms with Gasteiger partial charge in [0.05, 0.1) is 11.5 Å². The summed E-state index contributed by atoms with van der Waals surface area (Å²) < 4.78 is 89.5. The summed E-state index contributed by atoms with van der Waals surface area (Å²) in [5, 5.41) is -1.74. The summed E-state index contributed by atoms with van der Waals surface area (Å²) in [5.41, 5.74) is 0. The zero-order chi connectivity index (χ0) is 14.5. The van der Waals surface area contributed by atoms with E-state index >= 15 is 0 Å². The van der Waals surface area contributed by atoms with Crippen LogP contribution in [0.5, 0.6) is 0 Å². The van der Waals surface area contributed by atoms with E-state index in [-0.39, 0.29) is 6.42 Å². The maximum atomic E-state index is 14.0. The minimum Gasteiger partial charge on any atom is -0.264 e. The molecule has 0 aromatic heterocycles. The van der Waals surface area contributed by atoms with Crippen LogP contribution in [0.3, 0.4) is 0 Å². The number of alkyl halides is 1. The topological polar surface area (TPSA) is 121 Å². The van der Waals surface area contributed by atoms with Crippen LogP contribution in [0.25, 0.3) is 0 Å². The third-order valence-corrected chi connectivity index (χ3v) is 7.69. The van der Waals surface area contributed by atoms with Gasteiger partial charge in [-0.3, -0.25) is 4.18 Å². The fourth-order valence-electron chi connectivity index (χ4n) is 1.95. The summed E-state index contributed by atoms with van der Waals surface area (Å²) in [5.74, 6) is -1.04. The standard InChI is InChI=1S/C7H11FO8S3/c8-7(5-1-3-17(9,10)15-5)6-2-4-18(11,12)16-19(6,13)14/h5-7H,1-4H2. The molecule has 0 aliphatic carbocycles. The highest BCUT2D eigenvalue weighted by Crippen LogP contribution is 2.31. The molecule has 0 bridgehead atoms. The van der Waals surface area contributed by atoms with Gasteiger partial charge < -0.3 is 0 Å². The van der Waals surface area contributed by atoms with Gasteiger partial charge in [0.1, 0.15) is 17.5 Å². The largest absolute Gasteiger partial charge is 0.287 e. The van der Waals surface area contributed by atoms with Crippen molar-refractivity contribution in [2.24, 2.45) is 0 Å². The van der Waals surface area contributed by atoms with Gasteiger partial charge in [-0.15, -0.1) is 3.63 Å². The zero-order valence-corrected chi connectivity index (χ0v) is 11.9. The molecule has 12 heteroatoms. The molecule has 8 nitrogen and oxygen atoms in total. The molecule has 0 spiro atoms. The molecule has 0 aromatic carbocycles. The molecule has 0 saturated carbocycles. The summed E-state index contributed by atoms with van der Waals surface area (Å²) in [6, 6.07) is 0. The lowest BCUT2D eigenvalue weighted by Gasteiger charge is -2.26. The van der Waals surface area contributed by atoms with E-state index in [2.05, 4.69) is 7.81 Å². The molecule has 2 rings (SSSR count). The number of hydrogen-bond donors (Lipinski definition) is 0. The summed E-state index contributed by atoms with van der Waals surface area (Å²) in [7, 11) is -12.7. The molecule has 3 atom stereocenters. The Hall–Kier alpha value is -0.300. The lowest BCUT2D eigenvalue weighted by molar-refractivity contribution is 0.114. The van der Waals surface area contributed by atoms with Crippen LogP contribution in [0.15, 0.2) is 0 Å². The van der Waals surface area contributed by atoms with Gasteiger partial charge in [0.25, 0.3) is 30.4 Å². The van der Waals surface area contributed by atoms with Crippen LogP contribution in [-0.2, 0) is 38.2 Å². The van der Waals surface area contributed by atoms with Gasteiger partial charge in [0, 0.05) is 0 Å².